The number of carbonyl (C=O) groups excluding carboxylic acids is 2. The second kappa shape index (κ2) is 8.71. The van der Waals surface area contributed by atoms with E-state index in [4.69, 9.17) is 4.99 Å². The Morgan fingerprint density at radius 3 is 2.45 bits per heavy atom. The van der Waals surface area contributed by atoms with E-state index >= 15 is 0 Å². The summed E-state index contributed by atoms with van der Waals surface area (Å²) in [4.78, 5) is 32.4. The van der Waals surface area contributed by atoms with Gasteiger partial charge in [-0.15, -0.1) is 0 Å². The molecule has 158 valence electrons. The first-order valence-corrected chi connectivity index (χ1v) is 11.7. The Kier molecular flexibility index (Phi) is 5.64. The van der Waals surface area contributed by atoms with E-state index in [0.717, 1.165) is 17.7 Å². The summed E-state index contributed by atoms with van der Waals surface area (Å²) in [7, 11) is 0. The third-order valence-electron chi connectivity index (χ3n) is 6.22. The molecule has 2 aliphatic carbocycles. The van der Waals surface area contributed by atoms with Crippen molar-refractivity contribution in [2.24, 2.45) is 16.8 Å². The molecule has 0 radical (unpaired) electrons. The van der Waals surface area contributed by atoms with Crippen LogP contribution in [0.25, 0.3) is 0 Å². The number of allylic oxidation sites excluding steroid dienone is 1. The van der Waals surface area contributed by atoms with Crippen molar-refractivity contribution in [3.63, 3.8) is 0 Å². The normalized spacial score (nSPS) is 27.6. The summed E-state index contributed by atoms with van der Waals surface area (Å²) in [5.41, 5.74) is 1.89. The Balaban J connectivity index is 1.28. The standard InChI is InChI=1S/C25H25N3O2S/c29-23(28(20-9-5-2-6-10-20)16-17-7-3-1-4-8-17)15-22-24(30)27-25(31-22)26-21-14-18-11-12-19(21)13-18/h1-12,18-19,21-22H,13-16H2,(H,26,27,30). The summed E-state index contributed by atoms with van der Waals surface area (Å²) >= 11 is 1.40. The van der Waals surface area contributed by atoms with E-state index in [1.54, 1.807) is 4.90 Å². The van der Waals surface area contributed by atoms with Gasteiger partial charge in [-0.05, 0) is 42.4 Å². The Labute approximate surface area is 186 Å². The predicted octanol–water partition coefficient (Wildman–Crippen LogP) is 4.16. The van der Waals surface area contributed by atoms with Gasteiger partial charge < -0.3 is 10.2 Å². The van der Waals surface area contributed by atoms with Gasteiger partial charge in [0.05, 0.1) is 12.6 Å². The molecule has 0 spiro atoms. The highest BCUT2D eigenvalue weighted by Gasteiger charge is 2.38. The maximum Gasteiger partial charge on any atom is 0.240 e. The molecule has 0 aromatic heterocycles. The molecule has 31 heavy (non-hydrogen) atoms. The zero-order chi connectivity index (χ0) is 21.2. The van der Waals surface area contributed by atoms with Crippen molar-refractivity contribution >= 4 is 34.4 Å². The molecular weight excluding hydrogens is 406 g/mol. The number of amides is 2. The molecule has 6 heteroatoms. The topological polar surface area (TPSA) is 61.8 Å². The van der Waals surface area contributed by atoms with E-state index in [-0.39, 0.29) is 24.3 Å². The van der Waals surface area contributed by atoms with Crippen LogP contribution in [0.15, 0.2) is 77.8 Å². The Hall–Kier alpha value is -2.86. The quantitative estimate of drug-likeness (QED) is 0.699. The lowest BCUT2D eigenvalue weighted by Gasteiger charge is -2.24. The number of thioether (sulfide) groups is 1. The molecule has 4 atom stereocenters. The number of nitrogens with zero attached hydrogens (tertiary/aromatic N) is 2. The van der Waals surface area contributed by atoms with Crippen molar-refractivity contribution in [2.75, 3.05) is 4.90 Å². The SMILES string of the molecule is O=C1NC(=NC2CC3C=CC2C3)SC1CC(=O)N(Cc1ccccc1)c1ccccc1. The van der Waals surface area contributed by atoms with E-state index in [2.05, 4.69) is 17.5 Å². The molecule has 2 fully saturated rings. The molecule has 5 rings (SSSR count). The Morgan fingerprint density at radius 1 is 1.03 bits per heavy atom. The van der Waals surface area contributed by atoms with Crippen molar-refractivity contribution in [3.8, 4) is 0 Å². The van der Waals surface area contributed by atoms with Gasteiger partial charge in [0, 0.05) is 12.1 Å². The number of hydrogen-bond acceptors (Lipinski definition) is 4. The van der Waals surface area contributed by atoms with Crippen LogP contribution >= 0.6 is 11.8 Å². The van der Waals surface area contributed by atoms with Crippen LogP contribution in [0.2, 0.25) is 0 Å². The minimum Gasteiger partial charge on any atom is -0.308 e. The van der Waals surface area contributed by atoms with Crippen molar-refractivity contribution < 1.29 is 9.59 Å². The van der Waals surface area contributed by atoms with Crippen molar-refractivity contribution in [1.29, 1.82) is 0 Å². The fraction of sp³-hybridized carbons (Fsp3) is 0.320. The molecule has 1 aliphatic heterocycles. The molecule has 4 unspecified atom stereocenters. The van der Waals surface area contributed by atoms with Gasteiger partial charge in [-0.1, -0.05) is 72.4 Å². The van der Waals surface area contributed by atoms with Gasteiger partial charge in [-0.3, -0.25) is 14.6 Å². The van der Waals surface area contributed by atoms with E-state index in [1.165, 1.54) is 18.2 Å². The average molecular weight is 432 g/mol. The van der Waals surface area contributed by atoms with Gasteiger partial charge in [0.2, 0.25) is 11.8 Å². The van der Waals surface area contributed by atoms with Gasteiger partial charge in [0.15, 0.2) is 5.17 Å². The number of carbonyl (C=O) groups is 2. The number of para-hydroxylation sites is 1. The van der Waals surface area contributed by atoms with Crippen LogP contribution in [0.5, 0.6) is 0 Å². The number of anilines is 1. The summed E-state index contributed by atoms with van der Waals surface area (Å²) in [6.45, 7) is 0.473. The second-order valence-corrected chi connectivity index (χ2v) is 9.57. The highest BCUT2D eigenvalue weighted by Crippen LogP contribution is 2.41. The second-order valence-electron chi connectivity index (χ2n) is 8.38. The summed E-state index contributed by atoms with van der Waals surface area (Å²) in [6.07, 6.45) is 6.92. The first kappa shape index (κ1) is 20.1. The zero-order valence-corrected chi connectivity index (χ0v) is 18.0. The largest absolute Gasteiger partial charge is 0.308 e. The number of rotatable bonds is 6. The average Bonchev–Trinajstić information content (AvgIpc) is 3.50. The smallest absolute Gasteiger partial charge is 0.240 e. The molecule has 1 saturated carbocycles. The Bertz CT molecular complexity index is 1020. The molecule has 2 aromatic rings. The van der Waals surface area contributed by atoms with E-state index < -0.39 is 5.25 Å². The Morgan fingerprint density at radius 2 is 1.77 bits per heavy atom. The lowest BCUT2D eigenvalue weighted by Crippen LogP contribution is -2.35. The molecule has 2 amide bonds. The maximum atomic E-state index is 13.3. The fourth-order valence-corrected chi connectivity index (χ4v) is 5.63. The van der Waals surface area contributed by atoms with Gasteiger partial charge in [0.25, 0.3) is 0 Å². The summed E-state index contributed by atoms with van der Waals surface area (Å²) in [5.74, 6) is 0.946. The van der Waals surface area contributed by atoms with Crippen LogP contribution in [-0.4, -0.2) is 28.3 Å². The molecular formula is C25H25N3O2S. The van der Waals surface area contributed by atoms with Gasteiger partial charge >= 0.3 is 0 Å². The molecule has 1 saturated heterocycles. The minimum absolute atomic E-state index is 0.0631. The molecule has 1 heterocycles. The van der Waals surface area contributed by atoms with E-state index in [1.807, 2.05) is 60.7 Å². The third kappa shape index (κ3) is 4.44. The van der Waals surface area contributed by atoms with Crippen LogP contribution in [-0.2, 0) is 16.1 Å². The zero-order valence-electron chi connectivity index (χ0n) is 17.2. The van der Waals surface area contributed by atoms with Crippen molar-refractivity contribution in [2.45, 2.75) is 37.1 Å². The number of amidine groups is 1. The van der Waals surface area contributed by atoms with Crippen LogP contribution in [0.1, 0.15) is 24.8 Å². The number of aliphatic imine (C=N–C) groups is 1. The van der Waals surface area contributed by atoms with Crippen molar-refractivity contribution in [3.05, 3.63) is 78.4 Å². The van der Waals surface area contributed by atoms with E-state index in [0.29, 0.717) is 23.5 Å². The molecule has 2 aromatic carbocycles. The van der Waals surface area contributed by atoms with Crippen LogP contribution in [0, 0.1) is 11.8 Å². The lowest BCUT2D eigenvalue weighted by molar-refractivity contribution is -0.123. The number of hydrogen-bond donors (Lipinski definition) is 1. The number of fused-ring (bicyclic) bond motifs is 2. The molecule has 3 aliphatic rings. The highest BCUT2D eigenvalue weighted by atomic mass is 32.2. The first-order valence-electron chi connectivity index (χ1n) is 10.8. The van der Waals surface area contributed by atoms with Gasteiger partial charge in [0.1, 0.15) is 5.25 Å². The summed E-state index contributed by atoms with van der Waals surface area (Å²) in [5, 5.41) is 3.13. The molecule has 5 nitrogen and oxygen atoms in total. The molecule has 1 N–H and O–H groups in total. The number of benzene rings is 2. The fourth-order valence-electron chi connectivity index (χ4n) is 4.62. The minimum atomic E-state index is -0.442. The summed E-state index contributed by atoms with van der Waals surface area (Å²) in [6, 6.07) is 19.8. The summed E-state index contributed by atoms with van der Waals surface area (Å²) < 4.78 is 0. The van der Waals surface area contributed by atoms with E-state index in [9.17, 15) is 9.59 Å². The first-order chi connectivity index (χ1) is 15.2. The van der Waals surface area contributed by atoms with Crippen LogP contribution < -0.4 is 10.2 Å². The van der Waals surface area contributed by atoms with Crippen LogP contribution in [0.4, 0.5) is 5.69 Å². The monoisotopic (exact) mass is 431 g/mol. The third-order valence-corrected chi connectivity index (χ3v) is 7.31. The van der Waals surface area contributed by atoms with Gasteiger partial charge in [-0.25, -0.2) is 0 Å². The number of nitrogens with one attached hydrogen (secondary N) is 1. The van der Waals surface area contributed by atoms with Gasteiger partial charge in [-0.2, -0.15) is 0 Å². The lowest BCUT2D eigenvalue weighted by atomic mass is 10.0. The van der Waals surface area contributed by atoms with Crippen molar-refractivity contribution in [1.82, 2.24) is 5.32 Å². The maximum absolute atomic E-state index is 13.3. The van der Waals surface area contributed by atoms with Crippen LogP contribution in [0.3, 0.4) is 0 Å². The highest BCUT2D eigenvalue weighted by molar-refractivity contribution is 8.15. The molecule has 2 bridgehead atoms. The predicted molar refractivity (Wildman–Crippen MR) is 125 cm³/mol.